The van der Waals surface area contributed by atoms with Crippen molar-refractivity contribution in [2.45, 2.75) is 329 Å². The van der Waals surface area contributed by atoms with Crippen molar-refractivity contribution in [1.82, 2.24) is 0 Å². The summed E-state index contributed by atoms with van der Waals surface area (Å²) >= 11 is 0. The maximum absolute atomic E-state index is 12.8. The molecule has 0 fully saturated rings. The van der Waals surface area contributed by atoms with Gasteiger partial charge in [0.1, 0.15) is 13.2 Å². The van der Waals surface area contributed by atoms with Gasteiger partial charge in [0.25, 0.3) is 0 Å². The number of unbranched alkanes of at least 4 members (excludes halogenated alkanes) is 39. The van der Waals surface area contributed by atoms with Crippen molar-refractivity contribution in [2.75, 3.05) is 13.2 Å². The quantitative estimate of drug-likeness (QED) is 0.0262. The summed E-state index contributed by atoms with van der Waals surface area (Å²) in [6.07, 6.45) is 64.5. The van der Waals surface area contributed by atoms with Crippen LogP contribution in [0.5, 0.6) is 0 Å². The van der Waals surface area contributed by atoms with E-state index in [2.05, 4.69) is 45.1 Å². The summed E-state index contributed by atoms with van der Waals surface area (Å²) in [6.45, 7) is 6.67. The zero-order valence-corrected chi connectivity index (χ0v) is 44.5. The van der Waals surface area contributed by atoms with E-state index in [0.717, 1.165) is 70.6 Å². The van der Waals surface area contributed by atoms with E-state index in [9.17, 15) is 14.4 Å². The lowest BCUT2D eigenvalue weighted by molar-refractivity contribution is -0.167. The molecule has 0 aromatic heterocycles. The van der Waals surface area contributed by atoms with Crippen LogP contribution in [0.4, 0.5) is 0 Å². The van der Waals surface area contributed by atoms with Gasteiger partial charge >= 0.3 is 17.9 Å². The van der Waals surface area contributed by atoms with Gasteiger partial charge in [-0.15, -0.1) is 0 Å². The van der Waals surface area contributed by atoms with E-state index >= 15 is 0 Å². The van der Waals surface area contributed by atoms with Gasteiger partial charge < -0.3 is 14.2 Å². The molecule has 0 aromatic carbocycles. The molecule has 0 aromatic rings. The normalized spacial score (nSPS) is 12.1. The van der Waals surface area contributed by atoms with Crippen LogP contribution in [-0.2, 0) is 28.6 Å². The molecule has 1 unspecified atom stereocenters. The highest BCUT2D eigenvalue weighted by Crippen LogP contribution is 2.17. The summed E-state index contributed by atoms with van der Waals surface area (Å²) in [5.41, 5.74) is 0. The van der Waals surface area contributed by atoms with Crippen LogP contribution < -0.4 is 0 Å². The molecule has 6 heteroatoms. The van der Waals surface area contributed by atoms with E-state index in [1.54, 1.807) is 0 Å². The van der Waals surface area contributed by atoms with Gasteiger partial charge in [0.15, 0.2) is 6.10 Å². The van der Waals surface area contributed by atoms with E-state index in [0.29, 0.717) is 19.3 Å². The fourth-order valence-electron chi connectivity index (χ4n) is 8.73. The Hall–Kier alpha value is -2.11. The minimum Gasteiger partial charge on any atom is -0.462 e. The summed E-state index contributed by atoms with van der Waals surface area (Å²) in [5.74, 6) is -0.869. The SMILES string of the molecule is CCCCCCCC/C=C\CCCCCCCC(=O)OCC(COC(=O)CCCCCCCCCCCCCCCCCCCC)OC(=O)CCCCCCC/C=C\CCCCCCCC. The number of rotatable bonds is 54. The minimum absolute atomic E-state index is 0.0727. The van der Waals surface area contributed by atoms with Gasteiger partial charge in [-0.2, -0.15) is 0 Å². The first-order chi connectivity index (χ1) is 32.5. The van der Waals surface area contributed by atoms with Crippen molar-refractivity contribution in [3.8, 4) is 0 Å². The molecule has 1 atom stereocenters. The van der Waals surface area contributed by atoms with Gasteiger partial charge in [0.2, 0.25) is 0 Å². The highest BCUT2D eigenvalue weighted by Gasteiger charge is 2.19. The lowest BCUT2D eigenvalue weighted by Crippen LogP contribution is -2.30. The highest BCUT2D eigenvalue weighted by atomic mass is 16.6. The standard InChI is InChI=1S/C60H112O6/c1-4-7-10-13-16-19-22-25-28-29-30-33-35-38-41-44-47-50-53-59(62)65-56-57(66-60(63)54-51-48-45-42-39-36-32-27-24-21-18-15-12-9-6-3)55-64-58(61)52-49-46-43-40-37-34-31-26-23-20-17-14-11-8-5-2/h26-27,31-32,57H,4-25,28-30,33-56H2,1-3H3/b31-26-,32-27-. The summed E-state index contributed by atoms with van der Waals surface area (Å²) in [7, 11) is 0. The molecule has 0 aliphatic heterocycles. The zero-order valence-electron chi connectivity index (χ0n) is 44.5. The monoisotopic (exact) mass is 929 g/mol. The van der Waals surface area contributed by atoms with E-state index in [4.69, 9.17) is 14.2 Å². The van der Waals surface area contributed by atoms with Crippen molar-refractivity contribution in [3.63, 3.8) is 0 Å². The average molecular weight is 930 g/mol. The van der Waals surface area contributed by atoms with Gasteiger partial charge in [-0.05, 0) is 70.6 Å². The fraction of sp³-hybridized carbons (Fsp3) is 0.883. The van der Waals surface area contributed by atoms with Crippen LogP contribution in [0.15, 0.2) is 24.3 Å². The number of carbonyl (C=O) groups is 3. The molecular formula is C60H112O6. The third-order valence-corrected chi connectivity index (χ3v) is 13.2. The van der Waals surface area contributed by atoms with Crippen molar-refractivity contribution in [1.29, 1.82) is 0 Å². The third kappa shape index (κ3) is 52.9. The van der Waals surface area contributed by atoms with E-state index in [1.807, 2.05) is 0 Å². The molecule has 0 spiro atoms. The number of allylic oxidation sites excluding steroid dienone is 4. The number of carbonyl (C=O) groups excluding carboxylic acids is 3. The number of hydrogen-bond acceptors (Lipinski definition) is 6. The lowest BCUT2D eigenvalue weighted by Gasteiger charge is -2.18. The topological polar surface area (TPSA) is 78.9 Å². The van der Waals surface area contributed by atoms with E-state index < -0.39 is 6.10 Å². The second-order valence-electron chi connectivity index (χ2n) is 19.9. The molecule has 0 aliphatic rings. The first kappa shape index (κ1) is 63.9. The maximum Gasteiger partial charge on any atom is 0.306 e. The average Bonchev–Trinajstić information content (AvgIpc) is 3.31. The van der Waals surface area contributed by atoms with Gasteiger partial charge in [0, 0.05) is 19.3 Å². The fourth-order valence-corrected chi connectivity index (χ4v) is 8.73. The van der Waals surface area contributed by atoms with Crippen LogP contribution >= 0.6 is 0 Å². The van der Waals surface area contributed by atoms with Crippen LogP contribution in [0.25, 0.3) is 0 Å². The highest BCUT2D eigenvalue weighted by molar-refractivity contribution is 5.71. The molecular weight excluding hydrogens is 817 g/mol. The Kier molecular flexibility index (Phi) is 53.7. The van der Waals surface area contributed by atoms with E-state index in [1.165, 1.54) is 212 Å². The van der Waals surface area contributed by atoms with Crippen molar-refractivity contribution in [3.05, 3.63) is 24.3 Å². The summed E-state index contributed by atoms with van der Waals surface area (Å²) < 4.78 is 16.9. The van der Waals surface area contributed by atoms with Gasteiger partial charge in [-0.25, -0.2) is 0 Å². The predicted octanol–water partition coefficient (Wildman–Crippen LogP) is 19.5. The second-order valence-corrected chi connectivity index (χ2v) is 19.9. The first-order valence-corrected chi connectivity index (χ1v) is 29.3. The first-order valence-electron chi connectivity index (χ1n) is 29.3. The third-order valence-electron chi connectivity index (χ3n) is 13.2. The molecule has 0 saturated carbocycles. The molecule has 0 bridgehead atoms. The Balaban J connectivity index is 4.34. The Bertz CT molecular complexity index is 1070. The van der Waals surface area contributed by atoms with Crippen molar-refractivity contribution < 1.29 is 28.6 Å². The number of hydrogen-bond donors (Lipinski definition) is 0. The predicted molar refractivity (Wildman–Crippen MR) is 284 cm³/mol. The smallest absolute Gasteiger partial charge is 0.306 e. The Labute approximate surface area is 411 Å². The Morgan fingerprint density at radius 3 is 0.758 bits per heavy atom. The molecule has 388 valence electrons. The van der Waals surface area contributed by atoms with Crippen LogP contribution in [0.3, 0.4) is 0 Å². The molecule has 6 nitrogen and oxygen atoms in total. The van der Waals surface area contributed by atoms with Crippen LogP contribution in [0.1, 0.15) is 323 Å². The molecule has 0 rings (SSSR count). The van der Waals surface area contributed by atoms with Crippen molar-refractivity contribution >= 4 is 17.9 Å². The summed E-state index contributed by atoms with van der Waals surface area (Å²) in [4.78, 5) is 38.1. The molecule has 0 radical (unpaired) electrons. The number of ether oxygens (including phenoxy) is 3. The minimum atomic E-state index is -0.775. The molecule has 0 aliphatic carbocycles. The van der Waals surface area contributed by atoms with Crippen LogP contribution in [-0.4, -0.2) is 37.2 Å². The Morgan fingerprint density at radius 1 is 0.288 bits per heavy atom. The molecule has 0 amide bonds. The second kappa shape index (κ2) is 55.5. The lowest BCUT2D eigenvalue weighted by atomic mass is 10.0. The van der Waals surface area contributed by atoms with Gasteiger partial charge in [-0.3, -0.25) is 14.4 Å². The molecule has 0 heterocycles. The van der Waals surface area contributed by atoms with Crippen LogP contribution in [0, 0.1) is 0 Å². The molecule has 66 heavy (non-hydrogen) atoms. The van der Waals surface area contributed by atoms with Crippen molar-refractivity contribution in [2.24, 2.45) is 0 Å². The van der Waals surface area contributed by atoms with Gasteiger partial charge in [-0.1, -0.05) is 257 Å². The Morgan fingerprint density at radius 2 is 0.500 bits per heavy atom. The summed E-state index contributed by atoms with van der Waals surface area (Å²) in [5, 5.41) is 0. The largest absolute Gasteiger partial charge is 0.462 e. The zero-order chi connectivity index (χ0) is 47.9. The van der Waals surface area contributed by atoms with Gasteiger partial charge in [0.05, 0.1) is 0 Å². The molecule has 0 saturated heterocycles. The number of esters is 3. The van der Waals surface area contributed by atoms with E-state index in [-0.39, 0.29) is 31.1 Å². The maximum atomic E-state index is 12.8. The van der Waals surface area contributed by atoms with Crippen LogP contribution in [0.2, 0.25) is 0 Å². The molecule has 0 N–H and O–H groups in total. The summed E-state index contributed by atoms with van der Waals surface area (Å²) in [6, 6.07) is 0.